The number of benzene rings is 2. The van der Waals surface area contributed by atoms with Crippen LogP contribution in [0.3, 0.4) is 0 Å². The van der Waals surface area contributed by atoms with E-state index in [2.05, 4.69) is 29.3 Å². The van der Waals surface area contributed by atoms with Gasteiger partial charge in [-0.15, -0.1) is 0 Å². The number of hydrazone groups is 1. The number of fused-ring (bicyclic) bond motifs is 4. The molecule has 5 heteroatoms. The van der Waals surface area contributed by atoms with E-state index in [1.54, 1.807) is 0 Å². The predicted molar refractivity (Wildman–Crippen MR) is 117 cm³/mol. The number of nitrogens with zero attached hydrogens (tertiary/aromatic N) is 2. The van der Waals surface area contributed by atoms with Gasteiger partial charge in [-0.05, 0) is 62.6 Å². The van der Waals surface area contributed by atoms with Gasteiger partial charge in [-0.3, -0.25) is 0 Å². The molecular formula is C25H30N2O3. The zero-order valence-electron chi connectivity index (χ0n) is 17.9. The molecule has 1 saturated carbocycles. The van der Waals surface area contributed by atoms with Gasteiger partial charge in [0.1, 0.15) is 5.75 Å². The first-order chi connectivity index (χ1) is 14.7. The minimum Gasteiger partial charge on any atom is -0.494 e. The second kappa shape index (κ2) is 7.86. The fourth-order valence-corrected chi connectivity index (χ4v) is 5.06. The molecule has 5 rings (SSSR count). The largest absolute Gasteiger partial charge is 0.494 e. The summed E-state index contributed by atoms with van der Waals surface area (Å²) in [5.41, 5.74) is 3.09. The van der Waals surface area contributed by atoms with Crippen molar-refractivity contribution in [1.82, 2.24) is 5.01 Å². The Hall–Kier alpha value is -2.69. The van der Waals surface area contributed by atoms with E-state index >= 15 is 0 Å². The first-order valence-electron chi connectivity index (χ1n) is 11.3. The molecule has 1 aliphatic carbocycles. The van der Waals surface area contributed by atoms with Gasteiger partial charge in [0.2, 0.25) is 0 Å². The molecule has 0 unspecified atom stereocenters. The molecule has 2 aromatic rings. The lowest BCUT2D eigenvalue weighted by atomic mass is 9.86. The Kier molecular flexibility index (Phi) is 5.05. The molecule has 0 bridgehead atoms. The minimum atomic E-state index is -0.365. The van der Waals surface area contributed by atoms with Crippen LogP contribution in [0.4, 0.5) is 0 Å². The Bertz CT molecular complexity index is 932. The highest BCUT2D eigenvalue weighted by Crippen LogP contribution is 2.53. The van der Waals surface area contributed by atoms with Crippen LogP contribution in [-0.4, -0.2) is 29.7 Å². The van der Waals surface area contributed by atoms with Crippen molar-refractivity contribution in [2.75, 3.05) is 13.2 Å². The highest BCUT2D eigenvalue weighted by molar-refractivity contribution is 6.02. The maximum absolute atomic E-state index is 6.77. The van der Waals surface area contributed by atoms with E-state index in [1.165, 1.54) is 24.8 Å². The molecule has 1 fully saturated rings. The topological polar surface area (TPSA) is 43.3 Å². The van der Waals surface area contributed by atoms with Crippen LogP contribution < -0.4 is 14.2 Å². The van der Waals surface area contributed by atoms with E-state index in [1.807, 2.05) is 32.0 Å². The Balaban J connectivity index is 1.54. The monoisotopic (exact) mass is 406 g/mol. The van der Waals surface area contributed by atoms with Crippen LogP contribution in [0.2, 0.25) is 0 Å². The third-order valence-corrected chi connectivity index (χ3v) is 6.42. The van der Waals surface area contributed by atoms with E-state index < -0.39 is 0 Å². The first-order valence-corrected chi connectivity index (χ1v) is 11.3. The molecule has 2 aliphatic heterocycles. The molecule has 1 spiro atoms. The zero-order chi connectivity index (χ0) is 20.6. The lowest BCUT2D eigenvalue weighted by Gasteiger charge is -2.49. The quantitative estimate of drug-likeness (QED) is 0.640. The van der Waals surface area contributed by atoms with Crippen molar-refractivity contribution in [2.45, 2.75) is 64.1 Å². The smallest absolute Gasteiger partial charge is 0.198 e. The van der Waals surface area contributed by atoms with Crippen molar-refractivity contribution in [3.63, 3.8) is 0 Å². The zero-order valence-corrected chi connectivity index (χ0v) is 17.9. The van der Waals surface area contributed by atoms with Gasteiger partial charge in [0.25, 0.3) is 0 Å². The molecule has 30 heavy (non-hydrogen) atoms. The van der Waals surface area contributed by atoms with Gasteiger partial charge in [-0.2, -0.15) is 5.10 Å². The van der Waals surface area contributed by atoms with Crippen LogP contribution in [0.25, 0.3) is 0 Å². The van der Waals surface area contributed by atoms with Gasteiger partial charge in [0, 0.05) is 24.8 Å². The predicted octanol–water partition coefficient (Wildman–Crippen LogP) is 5.69. The van der Waals surface area contributed by atoms with Crippen molar-refractivity contribution in [1.29, 1.82) is 0 Å². The Morgan fingerprint density at radius 2 is 1.77 bits per heavy atom. The number of hydrogen-bond donors (Lipinski definition) is 0. The van der Waals surface area contributed by atoms with Crippen molar-refractivity contribution >= 4 is 5.71 Å². The maximum Gasteiger partial charge on any atom is 0.198 e. The lowest BCUT2D eigenvalue weighted by Crippen LogP contribution is -2.54. The highest BCUT2D eigenvalue weighted by atomic mass is 16.6. The summed E-state index contributed by atoms with van der Waals surface area (Å²) in [6, 6.07) is 14.8. The number of rotatable bonds is 5. The molecule has 0 aromatic heterocycles. The first kappa shape index (κ1) is 19.3. The molecule has 0 radical (unpaired) electrons. The number of ether oxygens (including phenoxy) is 3. The van der Waals surface area contributed by atoms with E-state index in [4.69, 9.17) is 19.3 Å². The fourth-order valence-electron chi connectivity index (χ4n) is 5.06. The van der Waals surface area contributed by atoms with Gasteiger partial charge < -0.3 is 14.2 Å². The third-order valence-electron chi connectivity index (χ3n) is 6.42. The summed E-state index contributed by atoms with van der Waals surface area (Å²) in [4.78, 5) is 0. The van der Waals surface area contributed by atoms with Crippen LogP contribution in [-0.2, 0) is 0 Å². The van der Waals surface area contributed by atoms with E-state index in [0.29, 0.717) is 13.2 Å². The average molecular weight is 407 g/mol. The maximum atomic E-state index is 6.77. The van der Waals surface area contributed by atoms with Crippen LogP contribution in [0.15, 0.2) is 47.6 Å². The van der Waals surface area contributed by atoms with Crippen molar-refractivity contribution in [3.8, 4) is 17.2 Å². The second-order valence-corrected chi connectivity index (χ2v) is 8.29. The summed E-state index contributed by atoms with van der Waals surface area (Å²) in [5.74, 6) is 2.68. The molecule has 3 aliphatic rings. The van der Waals surface area contributed by atoms with Crippen molar-refractivity contribution < 1.29 is 14.2 Å². The van der Waals surface area contributed by atoms with Gasteiger partial charge in [-0.25, -0.2) is 5.01 Å². The molecule has 0 N–H and O–H groups in total. The molecular weight excluding hydrogens is 376 g/mol. The van der Waals surface area contributed by atoms with Crippen LogP contribution in [0, 0.1) is 0 Å². The third kappa shape index (κ3) is 3.21. The van der Waals surface area contributed by atoms with E-state index in [-0.39, 0.29) is 11.8 Å². The fraction of sp³-hybridized carbons (Fsp3) is 0.480. The summed E-state index contributed by atoms with van der Waals surface area (Å²) >= 11 is 0. The van der Waals surface area contributed by atoms with Gasteiger partial charge in [-0.1, -0.05) is 18.6 Å². The minimum absolute atomic E-state index is 0.189. The second-order valence-electron chi connectivity index (χ2n) is 8.29. The standard InChI is InChI=1S/C25H30N2O3/c1-3-28-19-13-11-18(12-14-19)21-17-22-20-9-8-10-23(29-4-2)24(20)30-25(27(22)26-21)15-6-5-7-16-25/h8-14,22H,3-7,15-17H2,1-2H3/t22-/m1/s1. The number of hydrogen-bond acceptors (Lipinski definition) is 5. The molecule has 2 heterocycles. The number of para-hydroxylation sites is 1. The average Bonchev–Trinajstić information content (AvgIpc) is 3.23. The molecule has 0 saturated heterocycles. The van der Waals surface area contributed by atoms with Gasteiger partial charge in [0.05, 0.1) is 25.0 Å². The van der Waals surface area contributed by atoms with E-state index in [0.717, 1.165) is 47.8 Å². The molecule has 0 amide bonds. The Morgan fingerprint density at radius 1 is 1.00 bits per heavy atom. The van der Waals surface area contributed by atoms with Crippen LogP contribution >= 0.6 is 0 Å². The molecule has 158 valence electrons. The summed E-state index contributed by atoms with van der Waals surface area (Å²) in [6.07, 6.45) is 6.49. The summed E-state index contributed by atoms with van der Waals surface area (Å²) in [7, 11) is 0. The van der Waals surface area contributed by atoms with Crippen LogP contribution in [0.1, 0.15) is 69.5 Å². The van der Waals surface area contributed by atoms with Crippen molar-refractivity contribution in [3.05, 3.63) is 53.6 Å². The Morgan fingerprint density at radius 3 is 2.50 bits per heavy atom. The molecule has 2 aromatic carbocycles. The highest BCUT2D eigenvalue weighted by Gasteiger charge is 2.51. The van der Waals surface area contributed by atoms with Gasteiger partial charge >= 0.3 is 0 Å². The Labute approximate surface area is 178 Å². The summed E-state index contributed by atoms with van der Waals surface area (Å²) < 4.78 is 18.3. The summed E-state index contributed by atoms with van der Waals surface area (Å²) in [5, 5.41) is 7.42. The van der Waals surface area contributed by atoms with Crippen molar-refractivity contribution in [2.24, 2.45) is 5.10 Å². The lowest BCUT2D eigenvalue weighted by molar-refractivity contribution is -0.141. The normalized spacial score (nSPS) is 21.5. The summed E-state index contributed by atoms with van der Waals surface area (Å²) in [6.45, 7) is 5.34. The SMILES string of the molecule is CCOc1ccc(C2=NN3[C@H](C2)c2cccc(OCC)c2OC32CCCCC2)cc1. The van der Waals surface area contributed by atoms with E-state index in [9.17, 15) is 0 Å². The van der Waals surface area contributed by atoms with Crippen LogP contribution in [0.5, 0.6) is 17.2 Å². The van der Waals surface area contributed by atoms with Gasteiger partial charge in [0.15, 0.2) is 17.2 Å². The molecule has 1 atom stereocenters. The molecule has 5 nitrogen and oxygen atoms in total.